The van der Waals surface area contributed by atoms with E-state index in [9.17, 15) is 9.59 Å². The Morgan fingerprint density at radius 3 is 2.67 bits per heavy atom. The van der Waals surface area contributed by atoms with Gasteiger partial charge in [-0.2, -0.15) is 0 Å². The third kappa shape index (κ3) is 2.39. The fourth-order valence-electron chi connectivity index (χ4n) is 4.08. The van der Waals surface area contributed by atoms with Crippen LogP contribution < -0.4 is 5.32 Å². The maximum absolute atomic E-state index is 12.3. The smallest absolute Gasteiger partial charge is 0.328 e. The zero-order chi connectivity index (χ0) is 17.5. The molecule has 2 heterocycles. The average molecular weight is 328 g/mol. The number of hydrogen-bond donors (Lipinski definition) is 1. The highest BCUT2D eigenvalue weighted by Crippen LogP contribution is 2.53. The molecule has 0 aromatic heterocycles. The summed E-state index contributed by atoms with van der Waals surface area (Å²) in [4.78, 5) is 26.3. The third-order valence-corrected chi connectivity index (χ3v) is 5.16. The van der Waals surface area contributed by atoms with E-state index in [1.807, 2.05) is 18.2 Å². The highest BCUT2D eigenvalue weighted by Gasteiger charge is 2.59. The molecule has 0 bridgehead atoms. The van der Waals surface area contributed by atoms with Gasteiger partial charge in [-0.05, 0) is 38.3 Å². The van der Waals surface area contributed by atoms with Crippen LogP contribution in [-0.4, -0.2) is 36.1 Å². The molecule has 1 fully saturated rings. The first-order valence-corrected chi connectivity index (χ1v) is 8.27. The van der Waals surface area contributed by atoms with E-state index in [1.165, 1.54) is 25.2 Å². The van der Waals surface area contributed by atoms with Crippen molar-refractivity contribution in [1.82, 2.24) is 4.90 Å². The van der Waals surface area contributed by atoms with E-state index in [0.29, 0.717) is 6.42 Å². The first-order chi connectivity index (χ1) is 11.4. The van der Waals surface area contributed by atoms with E-state index in [0.717, 1.165) is 12.1 Å². The summed E-state index contributed by atoms with van der Waals surface area (Å²) in [5.74, 6) is -0.467. The number of nitrogens with one attached hydrogen (secondary N) is 1. The Bertz CT molecular complexity index is 708. The maximum Gasteiger partial charge on any atom is 0.328 e. The molecule has 1 amide bonds. The second kappa shape index (κ2) is 5.96. The van der Waals surface area contributed by atoms with Crippen molar-refractivity contribution in [2.45, 2.75) is 51.2 Å². The van der Waals surface area contributed by atoms with Gasteiger partial charge in [-0.1, -0.05) is 29.8 Å². The van der Waals surface area contributed by atoms with E-state index in [1.54, 1.807) is 4.90 Å². The Balaban J connectivity index is 2.12. The molecule has 0 radical (unpaired) electrons. The summed E-state index contributed by atoms with van der Waals surface area (Å²) >= 11 is 0. The lowest BCUT2D eigenvalue weighted by molar-refractivity contribution is -0.151. The number of para-hydroxylation sites is 1. The molecule has 1 aromatic carbocycles. The number of nitrogens with zero attached hydrogens (tertiary/aromatic N) is 1. The highest BCUT2D eigenvalue weighted by atomic mass is 16.5. The van der Waals surface area contributed by atoms with E-state index >= 15 is 0 Å². The van der Waals surface area contributed by atoms with Crippen LogP contribution in [0.4, 0.5) is 5.69 Å². The van der Waals surface area contributed by atoms with Crippen molar-refractivity contribution < 1.29 is 14.3 Å². The number of esters is 1. The van der Waals surface area contributed by atoms with Crippen LogP contribution in [0.1, 0.15) is 39.2 Å². The standard InChI is InChI=1S/C19H24N2O3/c1-12(2)9-10-19-11-16(17(23)24-4)21(13(3)22)18(19)20-15-8-6-5-7-14(15)19/h5-9,16,18,20H,10-11H2,1-4H3/t16-,18-,19-/m0/s1. The average Bonchev–Trinajstić information content (AvgIpc) is 3.03. The zero-order valence-electron chi connectivity index (χ0n) is 14.6. The van der Waals surface area contributed by atoms with E-state index in [2.05, 4.69) is 31.3 Å². The maximum atomic E-state index is 12.3. The quantitative estimate of drug-likeness (QED) is 0.685. The monoisotopic (exact) mass is 328 g/mol. The lowest BCUT2D eigenvalue weighted by Gasteiger charge is -2.32. The Kier molecular flexibility index (Phi) is 4.11. The molecule has 3 rings (SSSR count). The number of rotatable bonds is 3. The molecule has 1 N–H and O–H groups in total. The van der Waals surface area contributed by atoms with Gasteiger partial charge in [0.15, 0.2) is 0 Å². The van der Waals surface area contributed by atoms with Crippen molar-refractivity contribution in [1.29, 1.82) is 0 Å². The predicted molar refractivity (Wildman–Crippen MR) is 92.5 cm³/mol. The number of allylic oxidation sites excluding steroid dienone is 2. The molecule has 128 valence electrons. The number of carbonyl (C=O) groups is 2. The van der Waals surface area contributed by atoms with Gasteiger partial charge in [0.2, 0.25) is 5.91 Å². The summed E-state index contributed by atoms with van der Waals surface area (Å²) in [6.07, 6.45) is 3.31. The number of ether oxygens (including phenoxy) is 1. The molecule has 5 nitrogen and oxygen atoms in total. The van der Waals surface area contributed by atoms with Gasteiger partial charge in [0.25, 0.3) is 0 Å². The summed E-state index contributed by atoms with van der Waals surface area (Å²) in [6.45, 7) is 5.64. The molecule has 0 aliphatic carbocycles. The van der Waals surface area contributed by atoms with Crippen LogP contribution in [0.15, 0.2) is 35.9 Å². The van der Waals surface area contributed by atoms with Gasteiger partial charge < -0.3 is 15.0 Å². The Hall–Kier alpha value is -2.30. The van der Waals surface area contributed by atoms with Crippen molar-refractivity contribution in [2.24, 2.45) is 0 Å². The fourth-order valence-corrected chi connectivity index (χ4v) is 4.08. The third-order valence-electron chi connectivity index (χ3n) is 5.16. The highest BCUT2D eigenvalue weighted by molar-refractivity contribution is 5.86. The molecular formula is C19H24N2O3. The van der Waals surface area contributed by atoms with Gasteiger partial charge in [0, 0.05) is 18.0 Å². The normalized spacial score (nSPS) is 27.1. The summed E-state index contributed by atoms with van der Waals surface area (Å²) in [5.41, 5.74) is 3.13. The van der Waals surface area contributed by atoms with Gasteiger partial charge in [0.1, 0.15) is 12.2 Å². The Morgan fingerprint density at radius 2 is 2.04 bits per heavy atom. The number of hydrogen-bond acceptors (Lipinski definition) is 4. The summed E-state index contributed by atoms with van der Waals surface area (Å²) in [6, 6.07) is 7.57. The van der Waals surface area contributed by atoms with Crippen LogP contribution in [0.25, 0.3) is 0 Å². The number of methoxy groups -OCH3 is 1. The lowest BCUT2D eigenvalue weighted by Crippen LogP contribution is -2.49. The number of anilines is 1. The number of benzene rings is 1. The molecule has 24 heavy (non-hydrogen) atoms. The Labute approximate surface area is 142 Å². The minimum absolute atomic E-state index is 0.116. The van der Waals surface area contributed by atoms with Crippen molar-refractivity contribution in [3.05, 3.63) is 41.5 Å². The second-order valence-corrected chi connectivity index (χ2v) is 6.90. The molecule has 5 heteroatoms. The van der Waals surface area contributed by atoms with Crippen molar-refractivity contribution in [2.75, 3.05) is 12.4 Å². The molecule has 1 aromatic rings. The SMILES string of the molecule is COC(=O)[C@@H]1C[C@@]2(CC=C(C)C)c3ccccc3N[C@H]2N1C(C)=O. The summed E-state index contributed by atoms with van der Waals surface area (Å²) in [5, 5.41) is 3.47. The molecule has 3 atom stereocenters. The second-order valence-electron chi connectivity index (χ2n) is 6.90. The van der Waals surface area contributed by atoms with Gasteiger partial charge in [-0.25, -0.2) is 4.79 Å². The van der Waals surface area contributed by atoms with Crippen LogP contribution in [0.3, 0.4) is 0 Å². The van der Waals surface area contributed by atoms with Crippen molar-refractivity contribution >= 4 is 17.6 Å². The first kappa shape index (κ1) is 16.6. The van der Waals surface area contributed by atoms with Crippen LogP contribution in [0.5, 0.6) is 0 Å². The van der Waals surface area contributed by atoms with E-state index in [-0.39, 0.29) is 23.5 Å². The molecule has 2 aliphatic heterocycles. The fraction of sp³-hybridized carbons (Fsp3) is 0.474. The number of fused-ring (bicyclic) bond motifs is 3. The minimum Gasteiger partial charge on any atom is -0.467 e. The zero-order valence-corrected chi connectivity index (χ0v) is 14.6. The van der Waals surface area contributed by atoms with Crippen molar-refractivity contribution in [3.8, 4) is 0 Å². The van der Waals surface area contributed by atoms with Gasteiger partial charge >= 0.3 is 5.97 Å². The first-order valence-electron chi connectivity index (χ1n) is 8.27. The lowest BCUT2D eigenvalue weighted by atomic mass is 9.75. The minimum atomic E-state index is -0.552. The van der Waals surface area contributed by atoms with Gasteiger partial charge in [-0.15, -0.1) is 0 Å². The molecule has 0 unspecified atom stereocenters. The molecule has 0 saturated carbocycles. The number of carbonyl (C=O) groups excluding carboxylic acids is 2. The number of amides is 1. The van der Waals surface area contributed by atoms with E-state index < -0.39 is 6.04 Å². The van der Waals surface area contributed by atoms with Gasteiger partial charge in [0.05, 0.1) is 7.11 Å². The van der Waals surface area contributed by atoms with Gasteiger partial charge in [-0.3, -0.25) is 4.79 Å². The van der Waals surface area contributed by atoms with Crippen molar-refractivity contribution in [3.63, 3.8) is 0 Å². The van der Waals surface area contributed by atoms with Crippen LogP contribution in [-0.2, 0) is 19.7 Å². The molecule has 2 aliphatic rings. The number of likely N-dealkylation sites (tertiary alicyclic amines) is 1. The largest absolute Gasteiger partial charge is 0.467 e. The topological polar surface area (TPSA) is 58.6 Å². The summed E-state index contributed by atoms with van der Waals surface area (Å²) in [7, 11) is 1.37. The Morgan fingerprint density at radius 1 is 1.33 bits per heavy atom. The predicted octanol–water partition coefficient (Wildman–Crippen LogP) is 2.83. The van der Waals surface area contributed by atoms with Crippen LogP contribution in [0.2, 0.25) is 0 Å². The van der Waals surface area contributed by atoms with Crippen LogP contribution >= 0.6 is 0 Å². The molecule has 0 spiro atoms. The summed E-state index contributed by atoms with van der Waals surface area (Å²) < 4.78 is 4.96. The molecule has 1 saturated heterocycles. The van der Waals surface area contributed by atoms with Crippen LogP contribution in [0, 0.1) is 0 Å². The molecular weight excluding hydrogens is 304 g/mol. The van der Waals surface area contributed by atoms with E-state index in [4.69, 9.17) is 4.74 Å².